The standard InChI is InChI=1S/C60H110N4O23.3CH4/c1-39(2)43(68)19-18-20-50(72)64-60(36-79-30-21-47(69)61-24-12-6-9-15-27-82-57-40(3)51(73)54(76)44(33-65)85-57,37-80-31-22-48(70)62-25-13-7-10-16-28-83-58-41(4)52(74)55(77)45(34-66)86-58)38-81-32-23-49(71)63-26-14-8-11-17-29-84-59-42(5)53(75)56(78)46(35-67)87-59;;;/h39-42,44-46,51-59,65-67,73-78H,6-38H2,1-5H3,(H,61,69)(H,62,70)(H,63,71)(H,64,72);3*1H4/t40?,41?,42?,44?,45?,46?,51-,52-,53-,54+,55+,56+,57-,58-,59-,60?;;;/m1.../s1. The monoisotopic (exact) mass is 1300 g/mol. The highest BCUT2D eigenvalue weighted by Gasteiger charge is 2.45. The van der Waals surface area contributed by atoms with Crippen molar-refractivity contribution in [1.82, 2.24) is 21.3 Å². The van der Waals surface area contributed by atoms with Crippen LogP contribution in [0.5, 0.6) is 0 Å². The maximum absolute atomic E-state index is 13.6. The molecule has 3 rings (SSSR count). The lowest BCUT2D eigenvalue weighted by Gasteiger charge is -2.40. The van der Waals surface area contributed by atoms with Crippen LogP contribution in [0.2, 0.25) is 0 Å². The molecule has 0 aromatic heterocycles. The molecule has 3 fully saturated rings. The summed E-state index contributed by atoms with van der Waals surface area (Å²) in [5.74, 6) is -2.76. The fraction of sp³-hybridized carbons (Fsp3) is 0.921. The first-order valence-electron chi connectivity index (χ1n) is 31.8. The molecule has 3 aliphatic heterocycles. The number of hydrogen-bond acceptors (Lipinski definition) is 23. The van der Waals surface area contributed by atoms with E-state index in [1.807, 2.05) is 0 Å². The molecule has 0 radical (unpaired) electrons. The molecule has 13 N–H and O–H groups in total. The van der Waals surface area contributed by atoms with Crippen LogP contribution in [-0.4, -0.2) is 254 Å². The second kappa shape index (κ2) is 49.4. The first-order valence-corrected chi connectivity index (χ1v) is 31.8. The van der Waals surface area contributed by atoms with Crippen molar-refractivity contribution in [1.29, 1.82) is 0 Å². The average Bonchev–Trinajstić information content (AvgIpc) is 3.44. The van der Waals surface area contributed by atoms with Gasteiger partial charge in [-0.15, -0.1) is 0 Å². The largest absolute Gasteiger partial charge is 0.394 e. The number of amides is 4. The summed E-state index contributed by atoms with van der Waals surface area (Å²) in [4.78, 5) is 64.7. The lowest BCUT2D eigenvalue weighted by Crippen LogP contribution is -2.58. The topological polar surface area (TPSA) is 399 Å². The minimum absolute atomic E-state index is 0. The van der Waals surface area contributed by atoms with Gasteiger partial charge in [0.05, 0.1) is 77.8 Å². The van der Waals surface area contributed by atoms with Gasteiger partial charge in [0, 0.05) is 95.2 Å². The van der Waals surface area contributed by atoms with Crippen LogP contribution in [0.1, 0.15) is 172 Å². The van der Waals surface area contributed by atoms with Crippen molar-refractivity contribution in [2.24, 2.45) is 23.7 Å². The van der Waals surface area contributed by atoms with Crippen molar-refractivity contribution in [3.05, 3.63) is 0 Å². The molecule has 0 saturated carbocycles. The molecule has 532 valence electrons. The maximum atomic E-state index is 13.6. The number of nitrogens with one attached hydrogen (secondary N) is 4. The third-order valence-electron chi connectivity index (χ3n) is 16.0. The summed E-state index contributed by atoms with van der Waals surface area (Å²) in [6.45, 7) is 9.11. The van der Waals surface area contributed by atoms with E-state index in [-0.39, 0.29) is 123 Å². The van der Waals surface area contributed by atoms with E-state index in [1.54, 1.807) is 34.6 Å². The van der Waals surface area contributed by atoms with Crippen molar-refractivity contribution in [3.63, 3.8) is 0 Å². The predicted octanol–water partition coefficient (Wildman–Crippen LogP) is 1.67. The van der Waals surface area contributed by atoms with Crippen molar-refractivity contribution in [2.75, 3.05) is 98.9 Å². The Balaban J connectivity index is 0.0000264. The predicted molar refractivity (Wildman–Crippen MR) is 334 cm³/mol. The zero-order chi connectivity index (χ0) is 64.2. The third-order valence-corrected chi connectivity index (χ3v) is 16.0. The van der Waals surface area contributed by atoms with Gasteiger partial charge in [-0.1, -0.05) is 95.4 Å². The molecular weight excluding hydrogens is 1180 g/mol. The first-order chi connectivity index (χ1) is 41.7. The average molecular weight is 1300 g/mol. The van der Waals surface area contributed by atoms with E-state index < -0.39 is 123 Å². The number of ether oxygens (including phenoxy) is 9. The smallest absolute Gasteiger partial charge is 0.222 e. The fourth-order valence-electron chi connectivity index (χ4n) is 10.1. The van der Waals surface area contributed by atoms with E-state index in [9.17, 15) is 69.9 Å². The zero-order valence-electron chi connectivity index (χ0n) is 52.3. The maximum Gasteiger partial charge on any atom is 0.222 e. The molecule has 0 aromatic rings. The first kappa shape index (κ1) is 86.8. The van der Waals surface area contributed by atoms with Crippen LogP contribution >= 0.6 is 0 Å². The van der Waals surface area contributed by atoms with Gasteiger partial charge in [0.15, 0.2) is 18.9 Å². The minimum Gasteiger partial charge on any atom is -0.394 e. The lowest BCUT2D eigenvalue weighted by atomic mass is 9.92. The quantitative estimate of drug-likeness (QED) is 0.0385. The Morgan fingerprint density at radius 2 is 0.700 bits per heavy atom. The lowest BCUT2D eigenvalue weighted by molar-refractivity contribution is -0.282. The van der Waals surface area contributed by atoms with Crippen molar-refractivity contribution in [3.8, 4) is 0 Å². The Kier molecular flexibility index (Phi) is 47.6. The number of aliphatic hydroxyl groups is 9. The number of unbranched alkanes of at least 4 members (excludes halogenated alkanes) is 9. The number of carbonyl (C=O) groups excluding carboxylic acids is 5. The summed E-state index contributed by atoms with van der Waals surface area (Å²) < 4.78 is 52.4. The van der Waals surface area contributed by atoms with Crippen molar-refractivity contribution in [2.45, 2.75) is 252 Å². The van der Waals surface area contributed by atoms with Gasteiger partial charge in [0.25, 0.3) is 0 Å². The number of Topliss-reactive ketones (excluding diaryl/α,β-unsaturated/α-hetero) is 1. The molecule has 27 nitrogen and oxygen atoms in total. The molecule has 0 bridgehead atoms. The number of carbonyl (C=O) groups is 5. The summed E-state index contributed by atoms with van der Waals surface area (Å²) in [5.41, 5.74) is -1.34. The van der Waals surface area contributed by atoms with Crippen LogP contribution in [0.25, 0.3) is 0 Å². The normalized spacial score (nSPS) is 27.3. The molecule has 3 saturated heterocycles. The van der Waals surface area contributed by atoms with Gasteiger partial charge in [-0.3, -0.25) is 24.0 Å². The Morgan fingerprint density at radius 3 is 0.989 bits per heavy atom. The van der Waals surface area contributed by atoms with E-state index in [2.05, 4.69) is 21.3 Å². The second-order valence-corrected chi connectivity index (χ2v) is 23.8. The van der Waals surface area contributed by atoms with Gasteiger partial charge in [-0.05, 0) is 44.9 Å². The molecule has 0 spiro atoms. The molecule has 6 unspecified atom stereocenters. The highest BCUT2D eigenvalue weighted by molar-refractivity contribution is 5.82. The van der Waals surface area contributed by atoms with E-state index >= 15 is 0 Å². The summed E-state index contributed by atoms with van der Waals surface area (Å²) in [7, 11) is 0. The molecule has 4 amide bonds. The highest BCUT2D eigenvalue weighted by atomic mass is 16.7. The van der Waals surface area contributed by atoms with Gasteiger partial charge >= 0.3 is 0 Å². The van der Waals surface area contributed by atoms with Crippen LogP contribution < -0.4 is 21.3 Å². The number of rotatable bonds is 48. The summed E-state index contributed by atoms with van der Waals surface area (Å²) in [6, 6.07) is 0. The minimum atomic E-state index is -1.34. The molecule has 0 aliphatic carbocycles. The van der Waals surface area contributed by atoms with Crippen LogP contribution in [0, 0.1) is 23.7 Å². The molecule has 27 heteroatoms. The molecule has 15 atom stereocenters. The molecule has 3 heterocycles. The van der Waals surface area contributed by atoms with E-state index in [0.717, 1.165) is 38.5 Å². The number of ketones is 1. The highest BCUT2D eigenvalue weighted by Crippen LogP contribution is 2.29. The zero-order valence-corrected chi connectivity index (χ0v) is 52.3. The van der Waals surface area contributed by atoms with Gasteiger partial charge in [0.1, 0.15) is 47.9 Å². The molecular formula is C63H122N4O23. The Morgan fingerprint density at radius 1 is 0.400 bits per heavy atom. The van der Waals surface area contributed by atoms with Crippen LogP contribution in [0.3, 0.4) is 0 Å². The van der Waals surface area contributed by atoms with Crippen LogP contribution in [0.15, 0.2) is 0 Å². The summed E-state index contributed by atoms with van der Waals surface area (Å²) in [5, 5.41) is 101. The van der Waals surface area contributed by atoms with Crippen LogP contribution in [-0.2, 0) is 66.6 Å². The van der Waals surface area contributed by atoms with Crippen molar-refractivity contribution < 1.29 is 113 Å². The van der Waals surface area contributed by atoms with E-state index in [1.165, 1.54) is 0 Å². The van der Waals surface area contributed by atoms with Gasteiger partial charge in [-0.25, -0.2) is 0 Å². The number of aliphatic hydroxyl groups excluding tert-OH is 9. The van der Waals surface area contributed by atoms with Gasteiger partial charge in [-0.2, -0.15) is 0 Å². The van der Waals surface area contributed by atoms with Crippen LogP contribution in [0.4, 0.5) is 0 Å². The Hall–Kier alpha value is -3.17. The van der Waals surface area contributed by atoms with Gasteiger partial charge in [0.2, 0.25) is 23.6 Å². The number of hydrogen-bond donors (Lipinski definition) is 13. The molecule has 3 aliphatic rings. The van der Waals surface area contributed by atoms with Crippen molar-refractivity contribution >= 4 is 29.4 Å². The van der Waals surface area contributed by atoms with E-state index in [0.29, 0.717) is 84.4 Å². The SMILES string of the molecule is C.C.C.CC(C)C(=O)CCCC(=O)NC(COCCC(=O)NCCCCCCO[C@@H]1OC(CO)[C@H](O)[C@H](O)C1C)(COCCC(=O)NCCCCCCO[C@@H]1OC(CO)[C@H](O)[C@H](O)C1C)COCCC(=O)NCCCCCCO[C@@H]1OC(CO)[C@H](O)[C@H](O)C1C. The Labute approximate surface area is 536 Å². The third kappa shape index (κ3) is 32.8. The summed E-state index contributed by atoms with van der Waals surface area (Å²) in [6.07, 6.45) is -2.42. The summed E-state index contributed by atoms with van der Waals surface area (Å²) >= 11 is 0. The molecule has 0 aromatic carbocycles. The van der Waals surface area contributed by atoms with Gasteiger partial charge < -0.3 is 110 Å². The Bertz CT molecular complexity index is 1720. The van der Waals surface area contributed by atoms with E-state index in [4.69, 9.17) is 42.6 Å². The second-order valence-electron chi connectivity index (χ2n) is 23.8. The molecule has 90 heavy (non-hydrogen) atoms. The fourth-order valence-corrected chi connectivity index (χ4v) is 10.1.